The maximum absolute atomic E-state index is 14.9. The molecule has 3 aromatic carbocycles. The molecule has 0 aromatic heterocycles. The van der Waals surface area contributed by atoms with Crippen molar-refractivity contribution in [2.24, 2.45) is 0 Å². The molecule has 1 aliphatic rings. The lowest BCUT2D eigenvalue weighted by molar-refractivity contribution is -0.238. The van der Waals surface area contributed by atoms with E-state index in [9.17, 15) is 30.7 Å². The summed E-state index contributed by atoms with van der Waals surface area (Å²) in [7, 11) is 0. The van der Waals surface area contributed by atoms with E-state index in [0.29, 0.717) is 24.5 Å². The molecule has 0 atom stereocenters. The molecule has 11 heteroatoms. The predicted molar refractivity (Wildman–Crippen MR) is 127 cm³/mol. The fourth-order valence-electron chi connectivity index (χ4n) is 4.19. The van der Waals surface area contributed by atoms with Crippen molar-refractivity contribution < 1.29 is 49.7 Å². The van der Waals surface area contributed by atoms with Gasteiger partial charge in [-0.3, -0.25) is 0 Å². The van der Waals surface area contributed by atoms with E-state index in [1.54, 1.807) is 0 Å². The van der Waals surface area contributed by atoms with E-state index in [1.807, 2.05) is 6.92 Å². The summed E-state index contributed by atoms with van der Waals surface area (Å²) in [5, 5.41) is 0. The Morgan fingerprint density at radius 3 is 2.05 bits per heavy atom. The molecule has 0 radical (unpaired) electrons. The Kier molecular flexibility index (Phi) is 8.41. The third-order valence-corrected chi connectivity index (χ3v) is 6.12. The number of rotatable bonds is 9. The number of hydrogen-bond acceptors (Lipinski definition) is 4. The van der Waals surface area contributed by atoms with Crippen LogP contribution in [0, 0.1) is 23.3 Å². The summed E-state index contributed by atoms with van der Waals surface area (Å²) >= 11 is 0. The predicted octanol–water partition coefficient (Wildman–Crippen LogP) is 7.99. The van der Waals surface area contributed by atoms with Crippen LogP contribution in [-0.4, -0.2) is 25.5 Å². The first-order chi connectivity index (χ1) is 18.5. The second-order valence-electron chi connectivity index (χ2n) is 9.01. The van der Waals surface area contributed by atoms with Gasteiger partial charge in [0.15, 0.2) is 35.1 Å². The summed E-state index contributed by atoms with van der Waals surface area (Å²) < 4.78 is 122. The third-order valence-electron chi connectivity index (χ3n) is 6.12. The fourth-order valence-corrected chi connectivity index (χ4v) is 4.19. The van der Waals surface area contributed by atoms with Crippen LogP contribution in [0.3, 0.4) is 0 Å². The Hall–Kier alpha value is -3.31. The lowest BCUT2D eigenvalue weighted by atomic mass is 10.0. The van der Waals surface area contributed by atoms with Crippen molar-refractivity contribution in [2.45, 2.75) is 44.8 Å². The van der Waals surface area contributed by atoms with Crippen molar-refractivity contribution in [2.75, 3.05) is 19.8 Å². The molecule has 1 aliphatic heterocycles. The minimum absolute atomic E-state index is 0.0386. The maximum Gasteiger partial charge on any atom is 0.429 e. The Bertz CT molecular complexity index is 1310. The molecule has 1 heterocycles. The number of hydrogen-bond donors (Lipinski definition) is 0. The van der Waals surface area contributed by atoms with Crippen LogP contribution in [0.1, 0.15) is 44.1 Å². The molecule has 0 saturated carbocycles. The van der Waals surface area contributed by atoms with Crippen LogP contribution in [0.15, 0.2) is 48.5 Å². The summed E-state index contributed by atoms with van der Waals surface area (Å²) in [4.78, 5) is 0. The molecule has 210 valence electrons. The molecule has 0 amide bonds. The Morgan fingerprint density at radius 2 is 1.44 bits per heavy atom. The van der Waals surface area contributed by atoms with Gasteiger partial charge in [0, 0.05) is 11.1 Å². The van der Waals surface area contributed by atoms with Crippen molar-refractivity contribution in [1.29, 1.82) is 0 Å². The van der Waals surface area contributed by atoms with Gasteiger partial charge in [-0.25, -0.2) is 13.2 Å². The normalized spacial score (nSPS) is 19.7. The smallest absolute Gasteiger partial charge is 0.429 e. The van der Waals surface area contributed by atoms with E-state index in [0.717, 1.165) is 18.2 Å². The SMILES string of the molecule is CCCC1(F)COC(c2ccc(-c3ccc(OC(F)(F)c4ccc(OCC)c(F)c4F)c(F)c3F)cc2)OC1. The second-order valence-corrected chi connectivity index (χ2v) is 9.01. The van der Waals surface area contributed by atoms with Gasteiger partial charge in [-0.2, -0.15) is 17.6 Å². The highest BCUT2D eigenvalue weighted by Crippen LogP contribution is 2.39. The van der Waals surface area contributed by atoms with Gasteiger partial charge in [0.05, 0.1) is 19.8 Å². The van der Waals surface area contributed by atoms with Gasteiger partial charge >= 0.3 is 6.11 Å². The highest BCUT2D eigenvalue weighted by Gasteiger charge is 2.41. The monoisotopic (exact) mass is 558 g/mol. The summed E-state index contributed by atoms with van der Waals surface area (Å²) in [6, 6.07) is 8.96. The van der Waals surface area contributed by atoms with Gasteiger partial charge in [0.1, 0.15) is 5.56 Å². The van der Waals surface area contributed by atoms with Crippen molar-refractivity contribution in [3.05, 3.63) is 82.9 Å². The Balaban J connectivity index is 1.51. The van der Waals surface area contributed by atoms with E-state index in [1.165, 1.54) is 31.2 Å². The molecule has 0 N–H and O–H groups in total. The second kappa shape index (κ2) is 11.4. The van der Waals surface area contributed by atoms with Crippen molar-refractivity contribution in [1.82, 2.24) is 0 Å². The minimum atomic E-state index is -4.54. The molecule has 39 heavy (non-hydrogen) atoms. The van der Waals surface area contributed by atoms with Gasteiger partial charge in [-0.05, 0) is 43.2 Å². The van der Waals surface area contributed by atoms with Crippen LogP contribution < -0.4 is 9.47 Å². The van der Waals surface area contributed by atoms with Gasteiger partial charge in [-0.15, -0.1) is 0 Å². The minimum Gasteiger partial charge on any atom is -0.491 e. The van der Waals surface area contributed by atoms with E-state index in [2.05, 4.69) is 4.74 Å². The van der Waals surface area contributed by atoms with Crippen molar-refractivity contribution in [3.8, 4) is 22.6 Å². The number of halogens is 7. The molecule has 1 saturated heterocycles. The molecule has 0 bridgehead atoms. The zero-order valence-electron chi connectivity index (χ0n) is 21.0. The average Bonchev–Trinajstić information content (AvgIpc) is 2.90. The molecule has 0 aliphatic carbocycles. The maximum atomic E-state index is 14.9. The zero-order valence-corrected chi connectivity index (χ0v) is 21.0. The van der Waals surface area contributed by atoms with Crippen LogP contribution in [0.4, 0.5) is 30.7 Å². The number of benzene rings is 3. The van der Waals surface area contributed by atoms with Gasteiger partial charge in [0.2, 0.25) is 11.6 Å². The highest BCUT2D eigenvalue weighted by atomic mass is 19.3. The highest BCUT2D eigenvalue weighted by molar-refractivity contribution is 5.65. The molecular formula is C28H25F7O4. The number of alkyl halides is 3. The summed E-state index contributed by atoms with van der Waals surface area (Å²) in [6.07, 6.45) is -4.46. The lowest BCUT2D eigenvalue weighted by Gasteiger charge is -2.34. The largest absolute Gasteiger partial charge is 0.491 e. The topological polar surface area (TPSA) is 36.9 Å². The number of ether oxygens (including phenoxy) is 4. The molecule has 4 nitrogen and oxygen atoms in total. The van der Waals surface area contributed by atoms with Crippen LogP contribution in [0.25, 0.3) is 11.1 Å². The first-order valence-corrected chi connectivity index (χ1v) is 12.2. The van der Waals surface area contributed by atoms with Gasteiger partial charge < -0.3 is 18.9 Å². The molecule has 1 fully saturated rings. The summed E-state index contributed by atoms with van der Waals surface area (Å²) in [6.45, 7) is 3.00. The standard InChI is InChI=1S/C28H25F7O4/c1-3-13-27(33)14-37-26(38-15-27)17-7-5-16(6-8-17)18-9-11-21(25(32)22(18)29)39-28(34,35)19-10-12-20(36-4-2)24(31)23(19)30/h5-12,26H,3-4,13-15H2,1-2H3. The van der Waals surface area contributed by atoms with Crippen molar-refractivity contribution in [3.63, 3.8) is 0 Å². The average molecular weight is 558 g/mol. The van der Waals surface area contributed by atoms with E-state index < -0.39 is 58.4 Å². The molecule has 0 unspecified atom stereocenters. The summed E-state index contributed by atoms with van der Waals surface area (Å²) in [5.41, 5.74) is -2.66. The van der Waals surface area contributed by atoms with Gasteiger partial charge in [-0.1, -0.05) is 37.6 Å². The first-order valence-electron chi connectivity index (χ1n) is 12.2. The van der Waals surface area contributed by atoms with Crippen molar-refractivity contribution >= 4 is 0 Å². The van der Waals surface area contributed by atoms with E-state index in [-0.39, 0.29) is 30.9 Å². The molecule has 3 aromatic rings. The Labute approximate surface area is 220 Å². The van der Waals surface area contributed by atoms with E-state index in [4.69, 9.17) is 14.2 Å². The van der Waals surface area contributed by atoms with Crippen LogP contribution >= 0.6 is 0 Å². The Morgan fingerprint density at radius 1 is 0.821 bits per heavy atom. The van der Waals surface area contributed by atoms with Crippen LogP contribution in [-0.2, 0) is 15.6 Å². The van der Waals surface area contributed by atoms with Gasteiger partial charge in [0.25, 0.3) is 0 Å². The van der Waals surface area contributed by atoms with E-state index >= 15 is 0 Å². The fraction of sp³-hybridized carbons (Fsp3) is 0.357. The van der Waals surface area contributed by atoms with Crippen LogP contribution in [0.5, 0.6) is 11.5 Å². The molecule has 0 spiro atoms. The molecular weight excluding hydrogens is 533 g/mol. The molecule has 4 rings (SSSR count). The zero-order chi connectivity index (χ0) is 28.4. The lowest BCUT2D eigenvalue weighted by Crippen LogP contribution is -2.41. The van der Waals surface area contributed by atoms with Crippen LogP contribution in [0.2, 0.25) is 0 Å². The summed E-state index contributed by atoms with van der Waals surface area (Å²) in [5.74, 6) is -8.67. The first kappa shape index (κ1) is 28.7. The quantitative estimate of drug-likeness (QED) is 0.250. The third kappa shape index (κ3) is 5.99.